The van der Waals surface area contributed by atoms with Crippen LogP contribution in [0.25, 0.3) is 0 Å². The molecule has 2 bridgehead atoms. The molecule has 2 N–H and O–H groups in total. The van der Waals surface area contributed by atoms with Crippen molar-refractivity contribution in [1.82, 2.24) is 10.2 Å². The minimum absolute atomic E-state index is 0.0620. The minimum atomic E-state index is -1.23. The Labute approximate surface area is 237 Å². The van der Waals surface area contributed by atoms with Gasteiger partial charge >= 0.3 is 0 Å². The van der Waals surface area contributed by atoms with Gasteiger partial charge < -0.3 is 20.3 Å². The van der Waals surface area contributed by atoms with E-state index in [1.54, 1.807) is 23.1 Å². The number of ether oxygens (including phenoxy) is 1. The first-order chi connectivity index (χ1) is 18.8. The molecule has 2 saturated heterocycles. The minimum Gasteiger partial charge on any atom is -0.359 e. The number of rotatable bonds is 6. The lowest BCUT2D eigenvalue weighted by Gasteiger charge is -2.34. The topological polar surface area (TPSA) is 87.7 Å². The number of halogens is 2. The van der Waals surface area contributed by atoms with E-state index < -0.39 is 29.6 Å². The molecule has 0 unspecified atom stereocenters. The molecule has 0 aromatic heterocycles. The fraction of sp³-hybridized carbons (Fsp3) is 0.433. The number of nitrogens with zero attached hydrogens (tertiary/aromatic N) is 1. The van der Waals surface area contributed by atoms with Crippen LogP contribution in [0.15, 0.2) is 54.6 Å². The summed E-state index contributed by atoms with van der Waals surface area (Å²) in [6, 6.07) is 11.7. The number of carbonyl (C=O) groups excluding carboxylic acids is 3. The molecule has 3 amide bonds. The van der Waals surface area contributed by atoms with Crippen LogP contribution in [0.5, 0.6) is 0 Å². The molecular formula is C30H31Cl2N3O4. The third kappa shape index (κ3) is 4.54. The number of hydrogen-bond donors (Lipinski definition) is 2. The quantitative estimate of drug-likeness (QED) is 0.478. The molecule has 0 radical (unpaired) electrons. The highest BCUT2D eigenvalue weighted by Gasteiger charge is 2.72. The predicted molar refractivity (Wildman–Crippen MR) is 149 cm³/mol. The maximum atomic E-state index is 14.1. The molecule has 2 aromatic rings. The van der Waals surface area contributed by atoms with E-state index in [1.165, 1.54) is 0 Å². The SMILES string of the molecule is Cc1ccc(NC(=O)[C@H]2[C@@H]3C=C[C@]4(O3)[C@@H]2C(=O)N(Cc2ccccc2Cl)[C@@H]4C(=O)NC2CCCCC2)cc1Cl. The second-order valence-corrected chi connectivity index (χ2v) is 11.9. The van der Waals surface area contributed by atoms with E-state index in [4.69, 9.17) is 27.9 Å². The Balaban J connectivity index is 1.33. The zero-order chi connectivity index (χ0) is 27.3. The molecule has 1 aliphatic carbocycles. The Hall–Kier alpha value is -2.87. The Morgan fingerprint density at radius 2 is 1.82 bits per heavy atom. The van der Waals surface area contributed by atoms with E-state index in [0.29, 0.717) is 15.7 Å². The molecule has 1 saturated carbocycles. The molecule has 39 heavy (non-hydrogen) atoms. The summed E-state index contributed by atoms with van der Waals surface area (Å²) in [6.45, 7) is 2.03. The van der Waals surface area contributed by atoms with Crippen LogP contribution in [0.3, 0.4) is 0 Å². The largest absolute Gasteiger partial charge is 0.359 e. The highest BCUT2D eigenvalue weighted by atomic mass is 35.5. The van der Waals surface area contributed by atoms with Gasteiger partial charge in [0.15, 0.2) is 0 Å². The average Bonchev–Trinajstić information content (AvgIpc) is 3.56. The molecule has 3 aliphatic heterocycles. The zero-order valence-corrected chi connectivity index (χ0v) is 23.2. The van der Waals surface area contributed by atoms with Crippen molar-refractivity contribution in [3.8, 4) is 0 Å². The number of carbonyl (C=O) groups is 3. The second kappa shape index (κ2) is 10.3. The highest BCUT2D eigenvalue weighted by Crippen LogP contribution is 2.55. The second-order valence-electron chi connectivity index (χ2n) is 11.1. The summed E-state index contributed by atoms with van der Waals surface area (Å²) in [5.41, 5.74) is 0.941. The molecule has 7 nitrogen and oxygen atoms in total. The number of likely N-dealkylation sites (tertiary alicyclic amines) is 1. The van der Waals surface area contributed by atoms with Crippen LogP contribution in [0.1, 0.15) is 43.2 Å². The van der Waals surface area contributed by atoms with Crippen LogP contribution < -0.4 is 10.6 Å². The van der Waals surface area contributed by atoms with Gasteiger partial charge in [-0.2, -0.15) is 0 Å². The van der Waals surface area contributed by atoms with Gasteiger partial charge in [0.2, 0.25) is 17.7 Å². The van der Waals surface area contributed by atoms with Gasteiger partial charge in [0.1, 0.15) is 11.6 Å². The van der Waals surface area contributed by atoms with Crippen LogP contribution in [-0.4, -0.2) is 46.4 Å². The first-order valence-electron chi connectivity index (χ1n) is 13.6. The number of amides is 3. The normalized spacial score (nSPS) is 29.5. The van der Waals surface area contributed by atoms with Crippen molar-refractivity contribution in [2.75, 3.05) is 5.32 Å². The van der Waals surface area contributed by atoms with Crippen molar-refractivity contribution in [2.45, 2.75) is 69.4 Å². The lowest BCUT2D eigenvalue weighted by atomic mass is 9.74. The van der Waals surface area contributed by atoms with Crippen molar-refractivity contribution in [3.05, 3.63) is 75.8 Å². The predicted octanol–water partition coefficient (Wildman–Crippen LogP) is 5.04. The van der Waals surface area contributed by atoms with E-state index in [1.807, 2.05) is 43.3 Å². The van der Waals surface area contributed by atoms with E-state index >= 15 is 0 Å². The molecule has 3 heterocycles. The Kier molecular flexibility index (Phi) is 6.94. The van der Waals surface area contributed by atoms with Crippen molar-refractivity contribution >= 4 is 46.6 Å². The molecule has 3 fully saturated rings. The zero-order valence-electron chi connectivity index (χ0n) is 21.7. The van der Waals surface area contributed by atoms with Gasteiger partial charge in [-0.1, -0.05) is 78.9 Å². The Bertz CT molecular complexity index is 1360. The van der Waals surface area contributed by atoms with Crippen LogP contribution >= 0.6 is 23.2 Å². The van der Waals surface area contributed by atoms with Crippen molar-refractivity contribution in [3.63, 3.8) is 0 Å². The number of fused-ring (bicyclic) bond motifs is 1. The van der Waals surface area contributed by atoms with Crippen molar-refractivity contribution < 1.29 is 19.1 Å². The van der Waals surface area contributed by atoms with Gasteiger partial charge in [-0.25, -0.2) is 0 Å². The summed E-state index contributed by atoms with van der Waals surface area (Å²) in [5, 5.41) is 7.17. The molecule has 9 heteroatoms. The fourth-order valence-electron chi connectivity index (χ4n) is 6.67. The number of benzene rings is 2. The molecule has 4 aliphatic rings. The van der Waals surface area contributed by atoms with E-state index in [0.717, 1.165) is 43.2 Å². The van der Waals surface area contributed by atoms with Gasteiger partial charge in [-0.3, -0.25) is 14.4 Å². The van der Waals surface area contributed by atoms with Gasteiger partial charge in [0, 0.05) is 28.3 Å². The molecule has 2 aromatic carbocycles. The maximum Gasteiger partial charge on any atom is 0.246 e. The van der Waals surface area contributed by atoms with Crippen LogP contribution in [0.4, 0.5) is 5.69 Å². The third-order valence-corrected chi connectivity index (χ3v) is 9.39. The van der Waals surface area contributed by atoms with Crippen LogP contribution in [0.2, 0.25) is 10.0 Å². The average molecular weight is 569 g/mol. The van der Waals surface area contributed by atoms with E-state index in [2.05, 4.69) is 10.6 Å². The number of anilines is 1. The number of nitrogens with one attached hydrogen (secondary N) is 2. The Morgan fingerprint density at radius 3 is 2.56 bits per heavy atom. The van der Waals surface area contributed by atoms with E-state index in [9.17, 15) is 14.4 Å². The maximum absolute atomic E-state index is 14.1. The smallest absolute Gasteiger partial charge is 0.246 e. The lowest BCUT2D eigenvalue weighted by Crippen LogP contribution is -2.56. The highest BCUT2D eigenvalue weighted by molar-refractivity contribution is 6.31. The summed E-state index contributed by atoms with van der Waals surface area (Å²) >= 11 is 12.7. The number of aryl methyl sites for hydroxylation is 1. The molecule has 5 atom stereocenters. The molecule has 6 rings (SSSR count). The lowest BCUT2D eigenvalue weighted by molar-refractivity contribution is -0.142. The van der Waals surface area contributed by atoms with Crippen LogP contribution in [-0.2, 0) is 25.7 Å². The van der Waals surface area contributed by atoms with Gasteiger partial charge in [0.05, 0.1) is 17.9 Å². The van der Waals surface area contributed by atoms with Crippen molar-refractivity contribution in [1.29, 1.82) is 0 Å². The summed E-state index contributed by atoms with van der Waals surface area (Å²) in [5.74, 6) is -2.49. The van der Waals surface area contributed by atoms with Gasteiger partial charge in [0.25, 0.3) is 0 Å². The van der Waals surface area contributed by atoms with Crippen molar-refractivity contribution in [2.24, 2.45) is 11.8 Å². The van der Waals surface area contributed by atoms with E-state index in [-0.39, 0.29) is 30.3 Å². The summed E-state index contributed by atoms with van der Waals surface area (Å²) in [6.07, 6.45) is 8.15. The molecular weight excluding hydrogens is 537 g/mol. The van der Waals surface area contributed by atoms with Crippen LogP contribution in [0, 0.1) is 18.8 Å². The molecule has 1 spiro atoms. The first-order valence-corrected chi connectivity index (χ1v) is 14.3. The number of hydrogen-bond acceptors (Lipinski definition) is 4. The third-order valence-electron chi connectivity index (χ3n) is 8.61. The standard InChI is InChI=1S/C30H31Cl2N3O4/c1-17-11-12-20(15-22(17)32)34-27(36)24-23-13-14-30(39-23)25(24)29(38)35(16-18-7-5-6-10-21(18)31)26(30)28(37)33-19-8-3-2-4-9-19/h5-7,10-15,19,23-26H,2-4,8-9,16H2,1H3,(H,33,37)(H,34,36)/t23-,24-,25-,26+,30-/m0/s1. The monoisotopic (exact) mass is 567 g/mol. The van der Waals surface area contributed by atoms with Gasteiger partial charge in [-0.05, 0) is 49.1 Å². The first kappa shape index (κ1) is 26.4. The Morgan fingerprint density at radius 1 is 1.05 bits per heavy atom. The summed E-state index contributed by atoms with van der Waals surface area (Å²) < 4.78 is 6.44. The summed E-state index contributed by atoms with van der Waals surface area (Å²) in [7, 11) is 0. The van der Waals surface area contributed by atoms with Gasteiger partial charge in [-0.15, -0.1) is 0 Å². The fourth-order valence-corrected chi connectivity index (χ4v) is 7.05. The summed E-state index contributed by atoms with van der Waals surface area (Å²) in [4.78, 5) is 43.3. The molecule has 204 valence electrons.